The maximum atomic E-state index is 12.6. The van der Waals surface area contributed by atoms with E-state index in [-0.39, 0.29) is 36.9 Å². The van der Waals surface area contributed by atoms with Crippen LogP contribution in [0.2, 0.25) is 0 Å². The molecule has 1 amide bonds. The molecule has 9 nitrogen and oxygen atoms in total. The van der Waals surface area contributed by atoms with Gasteiger partial charge in [-0.05, 0) is 67.6 Å². The molecule has 0 spiro atoms. The van der Waals surface area contributed by atoms with Crippen LogP contribution in [-0.4, -0.2) is 66.1 Å². The van der Waals surface area contributed by atoms with Crippen molar-refractivity contribution in [1.82, 2.24) is 9.62 Å². The zero-order valence-electron chi connectivity index (χ0n) is 20.9. The second kappa shape index (κ2) is 12.6. The Balaban J connectivity index is 1.39. The Morgan fingerprint density at radius 3 is 2.22 bits per heavy atom. The normalized spacial score (nSPS) is 14.5. The largest absolute Gasteiger partial charge is 0.492 e. The van der Waals surface area contributed by atoms with E-state index in [4.69, 9.17) is 4.74 Å². The Morgan fingerprint density at radius 1 is 1.00 bits per heavy atom. The number of ether oxygens (including phenoxy) is 1. The third-order valence-electron chi connectivity index (χ3n) is 6.02. The molecule has 0 bridgehead atoms. The summed E-state index contributed by atoms with van der Waals surface area (Å²) in [4.78, 5) is 12.4. The number of nitrogens with one attached hydrogen (secondary N) is 1. The summed E-state index contributed by atoms with van der Waals surface area (Å²) in [6, 6.07) is 13.7. The van der Waals surface area contributed by atoms with Crippen molar-refractivity contribution in [1.29, 1.82) is 0 Å². The summed E-state index contributed by atoms with van der Waals surface area (Å²) in [5.74, 6) is 0.322. The molecule has 0 saturated carbocycles. The average Bonchev–Trinajstić information content (AvgIpc) is 3.40. The van der Waals surface area contributed by atoms with Crippen LogP contribution >= 0.6 is 0 Å². The number of nitrogens with zero attached hydrogens (tertiary/aromatic N) is 2. The number of carbonyl (C=O) groups excluding carboxylic acids is 1. The van der Waals surface area contributed by atoms with Gasteiger partial charge >= 0.3 is 0 Å². The molecule has 1 saturated heterocycles. The van der Waals surface area contributed by atoms with Gasteiger partial charge < -0.3 is 10.1 Å². The number of hydrogen-bond donors (Lipinski definition) is 1. The predicted octanol–water partition coefficient (Wildman–Crippen LogP) is 2.77. The van der Waals surface area contributed by atoms with E-state index in [0.29, 0.717) is 30.9 Å². The summed E-state index contributed by atoms with van der Waals surface area (Å²) >= 11 is 0. The van der Waals surface area contributed by atoms with E-state index in [1.165, 1.54) is 20.7 Å². The van der Waals surface area contributed by atoms with Gasteiger partial charge in [0, 0.05) is 26.1 Å². The molecule has 11 heteroatoms. The second-order valence-corrected chi connectivity index (χ2v) is 12.6. The topological polar surface area (TPSA) is 113 Å². The second-order valence-electron chi connectivity index (χ2n) is 8.74. The van der Waals surface area contributed by atoms with E-state index in [2.05, 4.69) is 5.32 Å². The summed E-state index contributed by atoms with van der Waals surface area (Å²) in [6.07, 6.45) is 4.36. The smallest absolute Gasteiger partial charge is 0.243 e. The number of hydrogen-bond acceptors (Lipinski definition) is 6. The van der Waals surface area contributed by atoms with Crippen molar-refractivity contribution in [2.75, 3.05) is 43.3 Å². The van der Waals surface area contributed by atoms with Gasteiger partial charge in [0.1, 0.15) is 12.4 Å². The van der Waals surface area contributed by atoms with Gasteiger partial charge in [0.2, 0.25) is 26.0 Å². The first-order valence-corrected chi connectivity index (χ1v) is 15.5. The van der Waals surface area contributed by atoms with Gasteiger partial charge in [-0.2, -0.15) is 4.31 Å². The van der Waals surface area contributed by atoms with Crippen LogP contribution in [0.15, 0.2) is 53.4 Å². The van der Waals surface area contributed by atoms with Gasteiger partial charge in [-0.25, -0.2) is 16.8 Å². The number of rotatable bonds is 13. The van der Waals surface area contributed by atoms with Crippen molar-refractivity contribution in [3.63, 3.8) is 0 Å². The Kier molecular flexibility index (Phi) is 9.75. The highest BCUT2D eigenvalue weighted by atomic mass is 32.2. The Bertz CT molecular complexity index is 1210. The maximum absolute atomic E-state index is 12.6. The number of benzene rings is 2. The van der Waals surface area contributed by atoms with Gasteiger partial charge in [0.25, 0.3) is 0 Å². The van der Waals surface area contributed by atoms with Crippen LogP contribution < -0.4 is 14.4 Å². The van der Waals surface area contributed by atoms with Crippen molar-refractivity contribution in [3.8, 4) is 5.75 Å². The van der Waals surface area contributed by atoms with Crippen LogP contribution in [0.4, 0.5) is 5.69 Å². The van der Waals surface area contributed by atoms with Crippen LogP contribution in [0, 0.1) is 0 Å². The number of aryl methyl sites for hydroxylation is 1. The zero-order valence-corrected chi connectivity index (χ0v) is 22.5. The molecule has 0 radical (unpaired) electrons. The van der Waals surface area contributed by atoms with Crippen molar-refractivity contribution >= 4 is 31.6 Å². The minimum atomic E-state index is -3.46. The molecule has 0 aliphatic carbocycles. The Labute approximate surface area is 214 Å². The Hall–Kier alpha value is -2.63. The first kappa shape index (κ1) is 27.9. The van der Waals surface area contributed by atoms with E-state index in [1.807, 2.05) is 19.1 Å². The molecule has 2 aromatic rings. The molecule has 0 aromatic heterocycles. The zero-order chi connectivity index (χ0) is 26.2. The van der Waals surface area contributed by atoms with Gasteiger partial charge in [0.15, 0.2) is 0 Å². The van der Waals surface area contributed by atoms with E-state index >= 15 is 0 Å². The van der Waals surface area contributed by atoms with Crippen LogP contribution in [0.5, 0.6) is 5.75 Å². The average molecular weight is 538 g/mol. The molecule has 1 heterocycles. The standard InChI is InChI=1S/C25H35N3O6S2/c1-3-21-8-10-22(11-9-21)28(35(2,30)31)19-6-7-25(29)26-16-20-34-23-12-14-24(15-13-23)36(32,33)27-17-4-5-18-27/h8-15H,3-7,16-20H2,1-2H3,(H,26,29). The minimum absolute atomic E-state index is 0.183. The van der Waals surface area contributed by atoms with Crippen molar-refractivity contribution < 1.29 is 26.4 Å². The third-order valence-corrected chi connectivity index (χ3v) is 9.12. The van der Waals surface area contributed by atoms with Crippen LogP contribution in [0.1, 0.15) is 38.2 Å². The molecule has 0 unspecified atom stereocenters. The highest BCUT2D eigenvalue weighted by Crippen LogP contribution is 2.23. The van der Waals surface area contributed by atoms with Gasteiger partial charge in [0.05, 0.1) is 23.4 Å². The molecule has 1 aliphatic rings. The lowest BCUT2D eigenvalue weighted by Crippen LogP contribution is -2.32. The Morgan fingerprint density at radius 2 is 1.64 bits per heavy atom. The van der Waals surface area contributed by atoms with E-state index in [1.54, 1.807) is 24.3 Å². The van der Waals surface area contributed by atoms with Gasteiger partial charge in [-0.3, -0.25) is 9.10 Å². The molecule has 1 N–H and O–H groups in total. The molecule has 1 aliphatic heterocycles. The fourth-order valence-corrected chi connectivity index (χ4v) is 6.48. The van der Waals surface area contributed by atoms with Crippen LogP contribution in [0.3, 0.4) is 0 Å². The van der Waals surface area contributed by atoms with Gasteiger partial charge in [-0.1, -0.05) is 19.1 Å². The molecular formula is C25H35N3O6S2. The van der Waals surface area contributed by atoms with Crippen molar-refractivity contribution in [2.45, 2.75) is 43.9 Å². The lowest BCUT2D eigenvalue weighted by atomic mass is 10.1. The fraction of sp³-hybridized carbons (Fsp3) is 0.480. The molecule has 198 valence electrons. The summed E-state index contributed by atoms with van der Waals surface area (Å²) in [5, 5.41) is 2.76. The lowest BCUT2D eigenvalue weighted by molar-refractivity contribution is -0.121. The number of anilines is 1. The lowest BCUT2D eigenvalue weighted by Gasteiger charge is -2.22. The maximum Gasteiger partial charge on any atom is 0.243 e. The van der Waals surface area contributed by atoms with E-state index < -0.39 is 20.0 Å². The quantitative estimate of drug-likeness (QED) is 0.393. The number of amides is 1. The van der Waals surface area contributed by atoms with Crippen LogP contribution in [-0.2, 0) is 31.3 Å². The first-order chi connectivity index (χ1) is 17.1. The molecule has 1 fully saturated rings. The first-order valence-electron chi connectivity index (χ1n) is 12.2. The number of carbonyl (C=O) groups is 1. The summed E-state index contributed by atoms with van der Waals surface area (Å²) in [7, 11) is -6.92. The highest BCUT2D eigenvalue weighted by Gasteiger charge is 2.27. The molecule has 2 aromatic carbocycles. The summed E-state index contributed by atoms with van der Waals surface area (Å²) in [6.45, 7) is 3.86. The number of sulfonamides is 2. The van der Waals surface area contributed by atoms with Gasteiger partial charge in [-0.15, -0.1) is 0 Å². The fourth-order valence-electron chi connectivity index (χ4n) is 4.00. The molecule has 3 rings (SSSR count). The highest BCUT2D eigenvalue weighted by molar-refractivity contribution is 7.92. The summed E-state index contributed by atoms with van der Waals surface area (Å²) in [5.41, 5.74) is 1.71. The van der Waals surface area contributed by atoms with Crippen LogP contribution in [0.25, 0.3) is 0 Å². The van der Waals surface area contributed by atoms with E-state index in [9.17, 15) is 21.6 Å². The molecular weight excluding hydrogens is 502 g/mol. The predicted molar refractivity (Wildman–Crippen MR) is 140 cm³/mol. The summed E-state index contributed by atoms with van der Waals surface area (Å²) < 4.78 is 58.0. The van der Waals surface area contributed by atoms with Crippen molar-refractivity contribution in [2.24, 2.45) is 0 Å². The van der Waals surface area contributed by atoms with E-state index in [0.717, 1.165) is 31.1 Å². The third kappa shape index (κ3) is 7.68. The monoisotopic (exact) mass is 537 g/mol. The SMILES string of the molecule is CCc1ccc(N(CCCC(=O)NCCOc2ccc(S(=O)(=O)N3CCCC3)cc2)S(C)(=O)=O)cc1. The van der Waals surface area contributed by atoms with Crippen molar-refractivity contribution in [3.05, 3.63) is 54.1 Å². The molecule has 0 atom stereocenters. The molecule has 36 heavy (non-hydrogen) atoms. The minimum Gasteiger partial charge on any atom is -0.492 e.